The van der Waals surface area contributed by atoms with Crippen molar-refractivity contribution in [3.63, 3.8) is 0 Å². The number of nitrogens with zero attached hydrogens (tertiary/aromatic N) is 3. The van der Waals surface area contributed by atoms with Crippen molar-refractivity contribution in [3.8, 4) is 5.75 Å². The van der Waals surface area contributed by atoms with Gasteiger partial charge in [-0.05, 0) is 0 Å². The fourth-order valence-corrected chi connectivity index (χ4v) is 2.85. The van der Waals surface area contributed by atoms with Crippen molar-refractivity contribution < 1.29 is 34.1 Å². The van der Waals surface area contributed by atoms with Gasteiger partial charge in [-0.3, -0.25) is 14.4 Å². The molecule has 0 aromatic carbocycles. The number of pyridine rings is 1. The lowest BCUT2D eigenvalue weighted by Crippen LogP contribution is -2.58. The number of fused-ring (bicyclic) bond motifs is 1. The summed E-state index contributed by atoms with van der Waals surface area (Å²) in [7, 11) is 0. The minimum atomic E-state index is -1.58. The third-order valence-electron chi connectivity index (χ3n) is 4.12. The summed E-state index contributed by atoms with van der Waals surface area (Å²) in [6.07, 6.45) is 0.441. The first-order valence-electron chi connectivity index (χ1n) is 7.80. The fraction of sp³-hybridized carbons (Fsp3) is 0.467. The molecule has 0 bridgehead atoms. The van der Waals surface area contributed by atoms with Crippen molar-refractivity contribution in [2.45, 2.75) is 13.0 Å². The third-order valence-corrected chi connectivity index (χ3v) is 4.12. The smallest absolute Gasteiger partial charge is 0.341 e. The normalized spacial score (nSPS) is 20.0. The van der Waals surface area contributed by atoms with Crippen LogP contribution in [0, 0.1) is 0 Å². The van der Waals surface area contributed by atoms with Crippen LogP contribution in [0.2, 0.25) is 0 Å². The minimum Gasteiger partial charge on any atom is -0.502 e. The molecule has 3 heterocycles. The Morgan fingerprint density at radius 2 is 2.04 bits per heavy atom. The Morgan fingerprint density at radius 3 is 2.62 bits per heavy atom. The molecule has 1 saturated heterocycles. The molecule has 26 heavy (non-hydrogen) atoms. The number of rotatable bonds is 3. The van der Waals surface area contributed by atoms with E-state index in [1.54, 1.807) is 0 Å². The molecule has 2 N–H and O–H groups in total. The second-order valence-corrected chi connectivity index (χ2v) is 5.87. The number of carbonyl (C=O) groups excluding carboxylic acids is 2. The van der Waals surface area contributed by atoms with Gasteiger partial charge in [0.15, 0.2) is 11.4 Å². The molecule has 1 fully saturated rings. The number of carbonyl (C=O) groups is 3. The maximum Gasteiger partial charge on any atom is 0.341 e. The number of carboxylic acid groups (broad SMARTS) is 1. The van der Waals surface area contributed by atoms with E-state index in [-0.39, 0.29) is 19.8 Å². The van der Waals surface area contributed by atoms with Gasteiger partial charge in [0, 0.05) is 13.1 Å². The van der Waals surface area contributed by atoms with E-state index in [1.807, 2.05) is 0 Å². The molecule has 140 valence electrons. The summed E-state index contributed by atoms with van der Waals surface area (Å²) in [6.45, 7) is 2.18. The molecule has 0 saturated carbocycles. The van der Waals surface area contributed by atoms with E-state index in [2.05, 4.69) is 0 Å². The molecule has 2 amide bonds. The van der Waals surface area contributed by atoms with Crippen molar-refractivity contribution in [1.82, 2.24) is 9.58 Å². The van der Waals surface area contributed by atoms with Gasteiger partial charge in [-0.25, -0.2) is 14.5 Å². The zero-order valence-electron chi connectivity index (χ0n) is 13.9. The summed E-state index contributed by atoms with van der Waals surface area (Å²) in [6, 6.07) is 0. The van der Waals surface area contributed by atoms with Crippen LogP contribution in [0.4, 0.5) is 0 Å². The Bertz CT molecular complexity index is 827. The van der Waals surface area contributed by atoms with Crippen molar-refractivity contribution in [3.05, 3.63) is 27.7 Å². The molecular formula is C15H17N3O8. The Balaban J connectivity index is 2.04. The zero-order chi connectivity index (χ0) is 19.0. The maximum absolute atomic E-state index is 12.7. The summed E-state index contributed by atoms with van der Waals surface area (Å²) in [5.41, 5.74) is -2.42. The van der Waals surface area contributed by atoms with E-state index in [0.29, 0.717) is 13.2 Å². The highest BCUT2D eigenvalue weighted by atomic mass is 16.6. The maximum atomic E-state index is 12.7. The first-order chi connectivity index (χ1) is 12.3. The van der Waals surface area contributed by atoms with Gasteiger partial charge in [0.05, 0.1) is 32.5 Å². The van der Waals surface area contributed by atoms with Gasteiger partial charge in [0.2, 0.25) is 11.3 Å². The van der Waals surface area contributed by atoms with E-state index in [1.165, 1.54) is 11.8 Å². The van der Waals surface area contributed by atoms with Crippen molar-refractivity contribution in [2.75, 3.05) is 38.0 Å². The monoisotopic (exact) mass is 367 g/mol. The molecule has 2 aliphatic rings. The van der Waals surface area contributed by atoms with E-state index in [4.69, 9.17) is 14.6 Å². The molecule has 11 heteroatoms. The Kier molecular flexibility index (Phi) is 4.66. The first-order valence-corrected chi connectivity index (χ1v) is 7.80. The van der Waals surface area contributed by atoms with Gasteiger partial charge in [-0.1, -0.05) is 0 Å². The lowest BCUT2D eigenvalue weighted by atomic mass is 10.2. The number of aromatic nitrogens is 1. The van der Waals surface area contributed by atoms with Gasteiger partial charge in [0.1, 0.15) is 12.2 Å². The van der Waals surface area contributed by atoms with Gasteiger partial charge < -0.3 is 24.6 Å². The van der Waals surface area contributed by atoms with Gasteiger partial charge in [0.25, 0.3) is 5.91 Å². The molecular weight excluding hydrogens is 350 g/mol. The minimum absolute atomic E-state index is 0.0803. The molecule has 1 unspecified atom stereocenters. The van der Waals surface area contributed by atoms with E-state index in [0.717, 1.165) is 15.9 Å². The lowest BCUT2D eigenvalue weighted by Gasteiger charge is -2.39. The molecule has 0 spiro atoms. The van der Waals surface area contributed by atoms with Crippen LogP contribution in [-0.2, 0) is 14.3 Å². The number of hydrogen-bond donors (Lipinski definition) is 2. The van der Waals surface area contributed by atoms with Crippen molar-refractivity contribution in [1.29, 1.82) is 0 Å². The highest BCUT2D eigenvalue weighted by Gasteiger charge is 2.37. The number of ether oxygens (including phenoxy) is 2. The highest BCUT2D eigenvalue weighted by Crippen LogP contribution is 2.22. The molecule has 1 atom stereocenters. The van der Waals surface area contributed by atoms with Gasteiger partial charge >= 0.3 is 5.97 Å². The summed E-state index contributed by atoms with van der Waals surface area (Å²) < 4.78 is 11.7. The standard InChI is InChI=1S/C15H17N3O8/c1-8(19)18-7-16(4-9-6-25-2-3-26-9)14(22)11-13(21)12(20)10(15(23)24)5-17(11)18/h5,9,21H,2-4,6-7H2,1H3,(H,23,24). The summed E-state index contributed by atoms with van der Waals surface area (Å²) >= 11 is 0. The average molecular weight is 367 g/mol. The molecule has 0 aliphatic carbocycles. The number of hydrogen-bond acceptors (Lipinski definition) is 7. The van der Waals surface area contributed by atoms with Crippen LogP contribution in [0.3, 0.4) is 0 Å². The second kappa shape index (κ2) is 6.77. The predicted octanol–water partition coefficient (Wildman–Crippen LogP) is -1.43. The highest BCUT2D eigenvalue weighted by molar-refractivity contribution is 6.00. The molecule has 1 aromatic heterocycles. The average Bonchev–Trinajstić information content (AvgIpc) is 2.60. The zero-order valence-corrected chi connectivity index (χ0v) is 13.9. The van der Waals surface area contributed by atoms with Crippen LogP contribution in [0.5, 0.6) is 5.75 Å². The summed E-state index contributed by atoms with van der Waals surface area (Å²) in [5, 5.41) is 20.3. The van der Waals surface area contributed by atoms with Crippen LogP contribution in [-0.4, -0.2) is 76.7 Å². The summed E-state index contributed by atoms with van der Waals surface area (Å²) in [4.78, 5) is 49.2. The van der Waals surface area contributed by atoms with Crippen LogP contribution in [0.15, 0.2) is 11.0 Å². The molecule has 2 aliphatic heterocycles. The second-order valence-electron chi connectivity index (χ2n) is 5.87. The Morgan fingerprint density at radius 1 is 1.31 bits per heavy atom. The number of amides is 2. The summed E-state index contributed by atoms with van der Waals surface area (Å²) in [5.74, 6) is -3.83. The topological polar surface area (TPSA) is 139 Å². The predicted molar refractivity (Wildman–Crippen MR) is 84.7 cm³/mol. The van der Waals surface area contributed by atoms with E-state index in [9.17, 15) is 24.3 Å². The van der Waals surface area contributed by atoms with Gasteiger partial charge in [-0.2, -0.15) is 0 Å². The number of aromatic carboxylic acids is 1. The Hall–Kier alpha value is -2.92. The van der Waals surface area contributed by atoms with Crippen LogP contribution < -0.4 is 10.4 Å². The molecule has 1 aromatic rings. The number of carboxylic acids is 1. The van der Waals surface area contributed by atoms with E-state index >= 15 is 0 Å². The quantitative estimate of drug-likeness (QED) is 0.663. The molecule has 0 radical (unpaired) electrons. The van der Waals surface area contributed by atoms with Crippen molar-refractivity contribution >= 4 is 17.8 Å². The first kappa shape index (κ1) is 17.9. The van der Waals surface area contributed by atoms with Crippen LogP contribution in [0.25, 0.3) is 0 Å². The van der Waals surface area contributed by atoms with Crippen LogP contribution >= 0.6 is 0 Å². The third kappa shape index (κ3) is 3.02. The Labute approximate surface area is 146 Å². The SMILES string of the molecule is CC(=O)N1CN(CC2COCCO2)C(=O)c2c(O)c(=O)c(C(=O)O)cn21. The largest absolute Gasteiger partial charge is 0.502 e. The lowest BCUT2D eigenvalue weighted by molar-refractivity contribution is -0.119. The van der Waals surface area contributed by atoms with E-state index < -0.39 is 46.3 Å². The fourth-order valence-electron chi connectivity index (χ4n) is 2.85. The van der Waals surface area contributed by atoms with Crippen molar-refractivity contribution in [2.24, 2.45) is 0 Å². The number of aromatic hydroxyl groups is 1. The molecule has 3 rings (SSSR count). The van der Waals surface area contributed by atoms with Crippen LogP contribution in [0.1, 0.15) is 27.8 Å². The molecule has 11 nitrogen and oxygen atoms in total. The van der Waals surface area contributed by atoms with Gasteiger partial charge in [-0.15, -0.1) is 0 Å².